The Labute approximate surface area is 182 Å². The van der Waals surface area contributed by atoms with Gasteiger partial charge in [-0.1, -0.05) is 37.6 Å². The number of halogens is 1. The molecule has 0 saturated heterocycles. The van der Waals surface area contributed by atoms with Crippen LogP contribution in [0.2, 0.25) is 5.02 Å². The lowest BCUT2D eigenvalue weighted by Gasteiger charge is -2.12. The largest absolute Gasteiger partial charge is 0.490 e. The Morgan fingerprint density at radius 3 is 2.47 bits per heavy atom. The molecule has 0 unspecified atom stereocenters. The molecule has 6 heteroatoms. The van der Waals surface area contributed by atoms with Crippen LogP contribution in [0.5, 0.6) is 11.5 Å². The van der Waals surface area contributed by atoms with E-state index in [1.54, 1.807) is 25.1 Å². The first-order chi connectivity index (χ1) is 14.5. The summed E-state index contributed by atoms with van der Waals surface area (Å²) >= 11 is 6.06. The van der Waals surface area contributed by atoms with Crippen LogP contribution in [0.15, 0.2) is 48.0 Å². The molecular formula is C24H26ClNO4. The maximum Gasteiger partial charge on any atom is 0.348 e. The van der Waals surface area contributed by atoms with E-state index in [1.165, 1.54) is 11.6 Å². The van der Waals surface area contributed by atoms with Crippen LogP contribution in [-0.4, -0.2) is 25.8 Å². The van der Waals surface area contributed by atoms with Gasteiger partial charge in [0.1, 0.15) is 36.4 Å². The van der Waals surface area contributed by atoms with Crippen LogP contribution >= 0.6 is 11.6 Å². The molecule has 0 radical (unpaired) electrons. The zero-order chi connectivity index (χ0) is 21.9. The van der Waals surface area contributed by atoms with Crippen LogP contribution in [0.3, 0.4) is 0 Å². The van der Waals surface area contributed by atoms with Crippen LogP contribution in [-0.2, 0) is 9.53 Å². The highest BCUT2D eigenvalue weighted by atomic mass is 35.5. The van der Waals surface area contributed by atoms with E-state index >= 15 is 0 Å². The van der Waals surface area contributed by atoms with E-state index in [-0.39, 0.29) is 18.8 Å². The van der Waals surface area contributed by atoms with Crippen LogP contribution in [0.25, 0.3) is 6.08 Å². The topological polar surface area (TPSA) is 68.6 Å². The quantitative estimate of drug-likeness (QED) is 0.208. The number of carbonyl (C=O) groups is 1. The fourth-order valence-corrected chi connectivity index (χ4v) is 2.88. The standard InChI is InChI=1S/C24H26ClNO4/c1-4-17(3)18-6-9-22(10-7-18)29-12-13-30-23-11-8-21(25)15-19(23)14-20(16-26)24(27)28-5-2/h6-11,14-15,17H,4-5,12-13H2,1-3H3/b20-14+/t17-/m0/s1. The van der Waals surface area contributed by atoms with Gasteiger partial charge in [0.2, 0.25) is 0 Å². The number of ether oxygens (including phenoxy) is 3. The molecule has 0 bridgehead atoms. The Hall–Kier alpha value is -2.97. The molecule has 0 fully saturated rings. The number of esters is 1. The molecule has 0 amide bonds. The lowest BCUT2D eigenvalue weighted by atomic mass is 9.99. The number of hydrogen-bond acceptors (Lipinski definition) is 5. The number of nitrogens with zero attached hydrogens (tertiary/aromatic N) is 1. The molecule has 30 heavy (non-hydrogen) atoms. The van der Waals surface area contributed by atoms with Gasteiger partial charge in [0, 0.05) is 10.6 Å². The highest BCUT2D eigenvalue weighted by Crippen LogP contribution is 2.26. The highest BCUT2D eigenvalue weighted by Gasteiger charge is 2.12. The van der Waals surface area contributed by atoms with Crippen molar-refractivity contribution in [3.05, 3.63) is 64.2 Å². The van der Waals surface area contributed by atoms with Gasteiger partial charge in [-0.05, 0) is 61.2 Å². The second kappa shape index (κ2) is 11.9. The maximum absolute atomic E-state index is 11.9. The third kappa shape index (κ3) is 6.82. The summed E-state index contributed by atoms with van der Waals surface area (Å²) in [6.45, 7) is 6.86. The summed E-state index contributed by atoms with van der Waals surface area (Å²) in [4.78, 5) is 11.9. The van der Waals surface area contributed by atoms with Crippen molar-refractivity contribution >= 4 is 23.6 Å². The monoisotopic (exact) mass is 427 g/mol. The molecule has 0 heterocycles. The maximum atomic E-state index is 11.9. The third-order valence-corrected chi connectivity index (χ3v) is 4.79. The molecule has 0 aromatic heterocycles. The number of carbonyl (C=O) groups excluding carboxylic acids is 1. The molecule has 1 atom stereocenters. The average Bonchev–Trinajstić information content (AvgIpc) is 2.76. The molecule has 0 aliphatic heterocycles. The second-order valence-electron chi connectivity index (χ2n) is 6.65. The summed E-state index contributed by atoms with van der Waals surface area (Å²) in [6.07, 6.45) is 2.50. The molecule has 5 nitrogen and oxygen atoms in total. The summed E-state index contributed by atoms with van der Waals surface area (Å²) in [5.41, 5.74) is 1.68. The average molecular weight is 428 g/mol. The van der Waals surface area contributed by atoms with Gasteiger partial charge in [0.15, 0.2) is 0 Å². The van der Waals surface area contributed by atoms with Crippen molar-refractivity contribution in [1.29, 1.82) is 5.26 Å². The predicted molar refractivity (Wildman–Crippen MR) is 118 cm³/mol. The van der Waals surface area contributed by atoms with Crippen molar-refractivity contribution < 1.29 is 19.0 Å². The van der Waals surface area contributed by atoms with Crippen molar-refractivity contribution in [2.75, 3.05) is 19.8 Å². The van der Waals surface area contributed by atoms with E-state index in [0.29, 0.717) is 28.9 Å². The summed E-state index contributed by atoms with van der Waals surface area (Å²) in [5.74, 6) is 1.10. The molecule has 158 valence electrons. The SMILES string of the molecule is CCOC(=O)/C(C#N)=C/c1cc(Cl)ccc1OCCOc1ccc([C@@H](C)CC)cc1. The third-order valence-electron chi connectivity index (χ3n) is 4.56. The molecule has 0 saturated carbocycles. The van der Waals surface area contributed by atoms with Crippen molar-refractivity contribution in [3.63, 3.8) is 0 Å². The van der Waals surface area contributed by atoms with E-state index < -0.39 is 5.97 Å². The fourth-order valence-electron chi connectivity index (χ4n) is 2.70. The number of rotatable bonds is 10. The van der Waals surface area contributed by atoms with Crippen molar-refractivity contribution in [3.8, 4) is 17.6 Å². The van der Waals surface area contributed by atoms with E-state index in [2.05, 4.69) is 26.0 Å². The van der Waals surface area contributed by atoms with E-state index in [9.17, 15) is 10.1 Å². The molecule has 0 N–H and O–H groups in total. The van der Waals surface area contributed by atoms with Gasteiger partial charge in [-0.3, -0.25) is 0 Å². The molecular weight excluding hydrogens is 402 g/mol. The van der Waals surface area contributed by atoms with E-state index in [0.717, 1.165) is 12.2 Å². The Kier molecular flexibility index (Phi) is 9.24. The number of nitriles is 1. The first-order valence-electron chi connectivity index (χ1n) is 9.92. The Morgan fingerprint density at radius 2 is 1.83 bits per heavy atom. The lowest BCUT2D eigenvalue weighted by Crippen LogP contribution is -2.10. The molecule has 2 rings (SSSR count). The summed E-state index contributed by atoms with van der Waals surface area (Å²) in [5, 5.41) is 9.71. The van der Waals surface area contributed by atoms with Crippen molar-refractivity contribution in [1.82, 2.24) is 0 Å². The minimum absolute atomic E-state index is 0.124. The first kappa shape index (κ1) is 23.3. The summed E-state index contributed by atoms with van der Waals surface area (Å²) in [7, 11) is 0. The van der Waals surface area contributed by atoms with Crippen molar-refractivity contribution in [2.24, 2.45) is 0 Å². The molecule has 2 aromatic carbocycles. The molecule has 0 spiro atoms. The van der Waals surface area contributed by atoms with Gasteiger partial charge >= 0.3 is 5.97 Å². The summed E-state index contributed by atoms with van der Waals surface area (Å²) < 4.78 is 16.4. The van der Waals surface area contributed by atoms with Gasteiger partial charge in [-0.15, -0.1) is 0 Å². The van der Waals surface area contributed by atoms with Crippen LogP contribution in [0.1, 0.15) is 44.2 Å². The van der Waals surface area contributed by atoms with Crippen LogP contribution in [0.4, 0.5) is 0 Å². The van der Waals surface area contributed by atoms with Gasteiger partial charge in [-0.25, -0.2) is 4.79 Å². The zero-order valence-electron chi connectivity index (χ0n) is 17.5. The number of hydrogen-bond donors (Lipinski definition) is 0. The first-order valence-corrected chi connectivity index (χ1v) is 10.3. The molecule has 0 aliphatic rings. The normalized spacial score (nSPS) is 12.0. The Bertz CT molecular complexity index is 916. The van der Waals surface area contributed by atoms with E-state index in [4.69, 9.17) is 25.8 Å². The van der Waals surface area contributed by atoms with Crippen LogP contribution < -0.4 is 9.47 Å². The Balaban J connectivity index is 2.00. The van der Waals surface area contributed by atoms with Gasteiger partial charge in [-0.2, -0.15) is 5.26 Å². The zero-order valence-corrected chi connectivity index (χ0v) is 18.2. The lowest BCUT2D eigenvalue weighted by molar-refractivity contribution is -0.137. The molecule has 0 aliphatic carbocycles. The predicted octanol–water partition coefficient (Wildman–Crippen LogP) is 5.78. The van der Waals surface area contributed by atoms with E-state index in [1.807, 2.05) is 18.2 Å². The highest BCUT2D eigenvalue weighted by molar-refractivity contribution is 6.30. The Morgan fingerprint density at radius 1 is 1.13 bits per heavy atom. The van der Waals surface area contributed by atoms with Gasteiger partial charge < -0.3 is 14.2 Å². The van der Waals surface area contributed by atoms with Crippen molar-refractivity contribution in [2.45, 2.75) is 33.1 Å². The smallest absolute Gasteiger partial charge is 0.348 e. The van der Waals surface area contributed by atoms with Crippen LogP contribution in [0, 0.1) is 11.3 Å². The minimum atomic E-state index is -0.685. The fraction of sp³-hybridized carbons (Fsp3) is 0.333. The van der Waals surface area contributed by atoms with Gasteiger partial charge in [0.25, 0.3) is 0 Å². The second-order valence-corrected chi connectivity index (χ2v) is 7.08. The van der Waals surface area contributed by atoms with Gasteiger partial charge in [0.05, 0.1) is 6.61 Å². The minimum Gasteiger partial charge on any atom is -0.490 e. The summed E-state index contributed by atoms with van der Waals surface area (Å²) in [6, 6.07) is 14.9. The molecule has 2 aromatic rings. The number of benzene rings is 2.